The third kappa shape index (κ3) is 4.94. The van der Waals surface area contributed by atoms with Crippen LogP contribution >= 0.6 is 11.6 Å². The van der Waals surface area contributed by atoms with E-state index in [1.54, 1.807) is 35.9 Å². The van der Waals surface area contributed by atoms with Crippen molar-refractivity contribution in [3.05, 3.63) is 50.1 Å². The molecule has 1 aromatic carbocycles. The number of nitrogens with zero attached hydrogens (tertiary/aromatic N) is 4. The van der Waals surface area contributed by atoms with Gasteiger partial charge in [0.05, 0.1) is 11.6 Å². The van der Waals surface area contributed by atoms with E-state index in [1.165, 1.54) is 11.6 Å². The Morgan fingerprint density at radius 2 is 1.94 bits per heavy atom. The highest BCUT2D eigenvalue weighted by molar-refractivity contribution is 6.32. The average molecular weight is 450 g/mol. The average Bonchev–Trinajstić information content (AvgIpc) is 3.11. The minimum Gasteiger partial charge on any atom is -0.489 e. The molecule has 2 heterocycles. The standard InChI is InChI=1S/C21H28ClN5O4/c1-4-5-8-11-23-20-24-18-17(19(29)26(3)21(30)25(18)2)27(20)12-14(28)13-31-16-10-7-6-9-15(16)22/h6-7,9-10,14,28H,4-5,8,11-13H2,1-3H3,(H,23,24)/t14-/m1/s1. The van der Waals surface area contributed by atoms with Crippen molar-refractivity contribution < 1.29 is 9.84 Å². The Balaban J connectivity index is 1.91. The van der Waals surface area contributed by atoms with Crippen LogP contribution in [0.4, 0.5) is 5.95 Å². The van der Waals surface area contributed by atoms with E-state index in [1.807, 2.05) is 0 Å². The number of rotatable bonds is 10. The molecule has 0 radical (unpaired) electrons. The molecule has 1 atom stereocenters. The molecule has 3 aromatic rings. The largest absolute Gasteiger partial charge is 0.489 e. The maximum absolute atomic E-state index is 12.8. The highest BCUT2D eigenvalue weighted by Gasteiger charge is 2.21. The Morgan fingerprint density at radius 1 is 1.19 bits per heavy atom. The van der Waals surface area contributed by atoms with E-state index in [-0.39, 0.29) is 24.3 Å². The van der Waals surface area contributed by atoms with Gasteiger partial charge in [0, 0.05) is 20.6 Å². The van der Waals surface area contributed by atoms with Gasteiger partial charge < -0.3 is 19.7 Å². The molecule has 2 N–H and O–H groups in total. The molecule has 0 aliphatic heterocycles. The Labute approximate surface area is 184 Å². The first-order chi connectivity index (χ1) is 14.8. The van der Waals surface area contributed by atoms with Crippen LogP contribution in [0.3, 0.4) is 0 Å². The maximum Gasteiger partial charge on any atom is 0.332 e. The Morgan fingerprint density at radius 3 is 2.65 bits per heavy atom. The van der Waals surface area contributed by atoms with E-state index in [0.717, 1.165) is 23.8 Å². The van der Waals surface area contributed by atoms with Crippen LogP contribution in [-0.4, -0.2) is 43.0 Å². The summed E-state index contributed by atoms with van der Waals surface area (Å²) in [7, 11) is 2.99. The monoisotopic (exact) mass is 449 g/mol. The van der Waals surface area contributed by atoms with E-state index in [0.29, 0.717) is 23.3 Å². The first-order valence-electron chi connectivity index (χ1n) is 10.3. The van der Waals surface area contributed by atoms with Gasteiger partial charge in [-0.05, 0) is 18.6 Å². The van der Waals surface area contributed by atoms with Crippen molar-refractivity contribution in [3.63, 3.8) is 0 Å². The molecule has 9 nitrogen and oxygen atoms in total. The Hall–Kier alpha value is -2.78. The summed E-state index contributed by atoms with van der Waals surface area (Å²) in [4.78, 5) is 29.6. The lowest BCUT2D eigenvalue weighted by Crippen LogP contribution is -2.38. The lowest BCUT2D eigenvalue weighted by atomic mass is 10.2. The number of ether oxygens (including phenoxy) is 1. The van der Waals surface area contributed by atoms with E-state index in [4.69, 9.17) is 16.3 Å². The second-order valence-corrected chi connectivity index (χ2v) is 7.86. The van der Waals surface area contributed by atoms with Crippen LogP contribution in [0.2, 0.25) is 5.02 Å². The number of hydrogen-bond donors (Lipinski definition) is 2. The molecule has 0 saturated carbocycles. The molecule has 0 spiro atoms. The second kappa shape index (κ2) is 10.0. The first-order valence-corrected chi connectivity index (χ1v) is 10.7. The number of aromatic nitrogens is 4. The summed E-state index contributed by atoms with van der Waals surface area (Å²) >= 11 is 6.10. The molecule has 0 fully saturated rings. The highest BCUT2D eigenvalue weighted by Crippen LogP contribution is 2.23. The number of para-hydroxylation sites is 1. The van der Waals surface area contributed by atoms with Crippen LogP contribution in [0, 0.1) is 0 Å². The number of aliphatic hydroxyl groups excluding tert-OH is 1. The smallest absolute Gasteiger partial charge is 0.332 e. The van der Waals surface area contributed by atoms with Crippen molar-refractivity contribution in [2.45, 2.75) is 38.8 Å². The summed E-state index contributed by atoms with van der Waals surface area (Å²) < 4.78 is 9.62. The van der Waals surface area contributed by atoms with Crippen LogP contribution in [0.15, 0.2) is 33.9 Å². The lowest BCUT2D eigenvalue weighted by molar-refractivity contribution is 0.0938. The zero-order valence-corrected chi connectivity index (χ0v) is 18.7. The van der Waals surface area contributed by atoms with Crippen molar-refractivity contribution in [2.75, 3.05) is 18.5 Å². The van der Waals surface area contributed by atoms with Gasteiger partial charge >= 0.3 is 5.69 Å². The molecule has 0 saturated heterocycles. The summed E-state index contributed by atoms with van der Waals surface area (Å²) in [6, 6.07) is 7.00. The van der Waals surface area contributed by atoms with Gasteiger partial charge in [0.2, 0.25) is 5.95 Å². The van der Waals surface area contributed by atoms with Gasteiger partial charge in [-0.2, -0.15) is 4.98 Å². The Bertz CT molecular complexity index is 1170. The van der Waals surface area contributed by atoms with Crippen molar-refractivity contribution >= 4 is 28.7 Å². The lowest BCUT2D eigenvalue weighted by Gasteiger charge is -2.16. The number of halogens is 1. The van der Waals surface area contributed by atoms with Crippen molar-refractivity contribution in [2.24, 2.45) is 14.1 Å². The molecular formula is C21H28ClN5O4. The number of nitrogens with one attached hydrogen (secondary N) is 1. The number of aliphatic hydroxyl groups is 1. The highest BCUT2D eigenvalue weighted by atomic mass is 35.5. The summed E-state index contributed by atoms with van der Waals surface area (Å²) in [5, 5.41) is 14.3. The molecule has 0 unspecified atom stereocenters. The fraction of sp³-hybridized carbons (Fsp3) is 0.476. The van der Waals surface area contributed by atoms with E-state index >= 15 is 0 Å². The van der Waals surface area contributed by atoms with Crippen LogP contribution < -0.4 is 21.3 Å². The van der Waals surface area contributed by atoms with Gasteiger partial charge in [0.25, 0.3) is 5.56 Å². The van der Waals surface area contributed by atoms with Crippen molar-refractivity contribution in [1.29, 1.82) is 0 Å². The summed E-state index contributed by atoms with van der Waals surface area (Å²) in [6.07, 6.45) is 2.13. The topological polar surface area (TPSA) is 103 Å². The third-order valence-corrected chi connectivity index (χ3v) is 5.38. The van der Waals surface area contributed by atoms with Crippen LogP contribution in [-0.2, 0) is 20.6 Å². The molecule has 0 bridgehead atoms. The second-order valence-electron chi connectivity index (χ2n) is 7.45. The number of unbranched alkanes of at least 4 members (excludes halogenated alkanes) is 2. The summed E-state index contributed by atoms with van der Waals surface area (Å²) in [6.45, 7) is 2.82. The zero-order valence-electron chi connectivity index (χ0n) is 18.0. The molecule has 3 rings (SSSR count). The predicted octanol–water partition coefficient (Wildman–Crippen LogP) is 2.13. The van der Waals surface area contributed by atoms with Gasteiger partial charge in [-0.25, -0.2) is 4.79 Å². The molecule has 2 aromatic heterocycles. The summed E-state index contributed by atoms with van der Waals surface area (Å²) in [5.74, 6) is 0.899. The minimum absolute atomic E-state index is 0.0231. The number of anilines is 1. The molecule has 10 heteroatoms. The van der Waals surface area contributed by atoms with Crippen LogP contribution in [0.5, 0.6) is 5.75 Å². The molecule has 168 valence electrons. The third-order valence-electron chi connectivity index (χ3n) is 5.07. The first kappa shape index (κ1) is 22.9. The Kier molecular flexibility index (Phi) is 7.40. The van der Waals surface area contributed by atoms with Gasteiger partial charge in [-0.3, -0.25) is 13.9 Å². The van der Waals surface area contributed by atoms with E-state index < -0.39 is 17.4 Å². The van der Waals surface area contributed by atoms with Gasteiger partial charge in [-0.15, -0.1) is 0 Å². The maximum atomic E-state index is 12.8. The summed E-state index contributed by atoms with van der Waals surface area (Å²) in [5.41, 5.74) is -0.404. The molecular weight excluding hydrogens is 422 g/mol. The van der Waals surface area contributed by atoms with E-state index in [9.17, 15) is 14.7 Å². The zero-order chi connectivity index (χ0) is 22.5. The molecule has 31 heavy (non-hydrogen) atoms. The van der Waals surface area contributed by atoms with Gasteiger partial charge in [-0.1, -0.05) is 43.5 Å². The minimum atomic E-state index is -0.938. The number of hydrogen-bond acceptors (Lipinski definition) is 6. The van der Waals surface area contributed by atoms with E-state index in [2.05, 4.69) is 17.2 Å². The number of imidazole rings is 1. The van der Waals surface area contributed by atoms with Crippen LogP contribution in [0.1, 0.15) is 26.2 Å². The fourth-order valence-corrected chi connectivity index (χ4v) is 3.54. The molecule has 0 amide bonds. The number of fused-ring (bicyclic) bond motifs is 1. The SMILES string of the molecule is CCCCCNc1nc2c(c(=O)n(C)c(=O)n2C)n1C[C@@H](O)COc1ccccc1Cl. The van der Waals surface area contributed by atoms with Gasteiger partial charge in [0.15, 0.2) is 11.2 Å². The fourth-order valence-electron chi connectivity index (χ4n) is 3.35. The quantitative estimate of drug-likeness (QED) is 0.459. The van der Waals surface area contributed by atoms with Crippen LogP contribution in [0.25, 0.3) is 11.2 Å². The predicted molar refractivity (Wildman–Crippen MR) is 121 cm³/mol. The number of benzene rings is 1. The molecule has 0 aliphatic rings. The molecule has 0 aliphatic carbocycles. The van der Waals surface area contributed by atoms with Gasteiger partial charge in [0.1, 0.15) is 18.5 Å². The van der Waals surface area contributed by atoms with Crippen molar-refractivity contribution in [3.8, 4) is 5.75 Å². The number of aryl methyl sites for hydroxylation is 1. The van der Waals surface area contributed by atoms with Crippen molar-refractivity contribution in [1.82, 2.24) is 18.7 Å². The normalized spacial score (nSPS) is 12.3.